The molecule has 1 amide bonds. The normalized spacial score (nSPS) is 11.3. The monoisotopic (exact) mass is 333 g/mol. The fourth-order valence-electron chi connectivity index (χ4n) is 2.02. The number of carbonyl (C=O) groups excluding carboxylic acids is 1. The average molecular weight is 333 g/mol. The molecular weight excluding hydrogens is 323 g/mol. The van der Waals surface area contributed by atoms with Gasteiger partial charge < -0.3 is 5.32 Å². The third-order valence-electron chi connectivity index (χ3n) is 3.11. The first kappa shape index (κ1) is 15.7. The van der Waals surface area contributed by atoms with Gasteiger partial charge in [0.15, 0.2) is 0 Å². The zero-order chi connectivity index (χ0) is 17.2. The molecule has 0 spiro atoms. The highest BCUT2D eigenvalue weighted by Gasteiger charge is 2.34. The number of imidazole rings is 1. The van der Waals surface area contributed by atoms with Crippen LogP contribution in [0.4, 0.5) is 18.9 Å². The molecule has 6 nitrogen and oxygen atoms in total. The van der Waals surface area contributed by atoms with Crippen molar-refractivity contribution in [1.29, 1.82) is 0 Å². The molecule has 0 aliphatic carbocycles. The number of aromatic nitrogens is 4. The van der Waals surface area contributed by atoms with Crippen LogP contribution in [0.5, 0.6) is 0 Å². The van der Waals surface area contributed by atoms with Crippen molar-refractivity contribution in [3.05, 3.63) is 66.5 Å². The maximum Gasteiger partial charge on any atom is 0.417 e. The largest absolute Gasteiger partial charge is 0.417 e. The van der Waals surface area contributed by atoms with Gasteiger partial charge in [0.1, 0.15) is 6.33 Å². The quantitative estimate of drug-likeness (QED) is 0.800. The topological polar surface area (TPSA) is 72.7 Å². The molecule has 0 bridgehead atoms. The lowest BCUT2D eigenvalue weighted by Gasteiger charge is -2.12. The van der Waals surface area contributed by atoms with Crippen LogP contribution in [0.2, 0.25) is 0 Å². The molecule has 1 N–H and O–H groups in total. The van der Waals surface area contributed by atoms with Gasteiger partial charge in [0, 0.05) is 12.4 Å². The van der Waals surface area contributed by atoms with Crippen LogP contribution in [-0.2, 0) is 6.18 Å². The number of hydrogen-bond donors (Lipinski definition) is 1. The van der Waals surface area contributed by atoms with E-state index in [9.17, 15) is 18.0 Å². The molecule has 0 unspecified atom stereocenters. The molecule has 0 atom stereocenters. The molecule has 0 saturated heterocycles. The van der Waals surface area contributed by atoms with E-state index < -0.39 is 23.2 Å². The molecule has 3 aromatic rings. The fourth-order valence-corrected chi connectivity index (χ4v) is 2.02. The van der Waals surface area contributed by atoms with E-state index in [1.165, 1.54) is 30.9 Å². The van der Waals surface area contributed by atoms with Gasteiger partial charge in [-0.05, 0) is 12.1 Å². The predicted octanol–water partition coefficient (Wildman–Crippen LogP) is 2.93. The average Bonchev–Trinajstić information content (AvgIpc) is 3.09. The summed E-state index contributed by atoms with van der Waals surface area (Å²) >= 11 is 0. The summed E-state index contributed by atoms with van der Waals surface area (Å²) in [4.78, 5) is 24.0. The molecule has 0 aliphatic rings. The van der Waals surface area contributed by atoms with E-state index in [2.05, 4.69) is 20.3 Å². The number of benzene rings is 1. The van der Waals surface area contributed by atoms with Crippen molar-refractivity contribution < 1.29 is 18.0 Å². The molecule has 2 aromatic heterocycles. The van der Waals surface area contributed by atoms with Gasteiger partial charge in [0.25, 0.3) is 5.91 Å². The van der Waals surface area contributed by atoms with Gasteiger partial charge in [0.2, 0.25) is 5.95 Å². The highest BCUT2D eigenvalue weighted by atomic mass is 19.4. The van der Waals surface area contributed by atoms with Crippen LogP contribution in [0.25, 0.3) is 5.95 Å². The SMILES string of the molecule is O=C(Nc1cnc(-n2ccnc2)nc1)c1ccccc1C(F)(F)F. The number of halogens is 3. The summed E-state index contributed by atoms with van der Waals surface area (Å²) < 4.78 is 40.4. The number of rotatable bonds is 3. The Kier molecular flexibility index (Phi) is 3.98. The summed E-state index contributed by atoms with van der Waals surface area (Å²) in [5.41, 5.74) is -1.29. The zero-order valence-electron chi connectivity index (χ0n) is 12.0. The van der Waals surface area contributed by atoms with E-state index in [1.807, 2.05) is 0 Å². The van der Waals surface area contributed by atoms with E-state index in [1.54, 1.807) is 17.0 Å². The number of nitrogens with zero attached hydrogens (tertiary/aromatic N) is 4. The highest BCUT2D eigenvalue weighted by molar-refractivity contribution is 6.05. The van der Waals surface area contributed by atoms with Crippen molar-refractivity contribution >= 4 is 11.6 Å². The van der Waals surface area contributed by atoms with Crippen molar-refractivity contribution in [2.75, 3.05) is 5.32 Å². The Hall–Kier alpha value is -3.23. The van der Waals surface area contributed by atoms with E-state index in [4.69, 9.17) is 0 Å². The van der Waals surface area contributed by atoms with Crippen LogP contribution >= 0.6 is 0 Å². The number of carbonyl (C=O) groups is 1. The second-order valence-corrected chi connectivity index (χ2v) is 4.74. The first-order valence-electron chi connectivity index (χ1n) is 6.73. The van der Waals surface area contributed by atoms with Crippen molar-refractivity contribution in [2.45, 2.75) is 6.18 Å². The Balaban J connectivity index is 1.81. The minimum atomic E-state index is -4.62. The first-order chi connectivity index (χ1) is 11.4. The van der Waals surface area contributed by atoms with Crippen LogP contribution in [-0.4, -0.2) is 25.4 Å². The molecule has 0 fully saturated rings. The van der Waals surface area contributed by atoms with Gasteiger partial charge >= 0.3 is 6.18 Å². The van der Waals surface area contributed by atoms with Gasteiger partial charge in [-0.15, -0.1) is 0 Å². The molecule has 9 heteroatoms. The molecule has 0 saturated carbocycles. The summed E-state index contributed by atoms with van der Waals surface area (Å²) in [7, 11) is 0. The fraction of sp³-hybridized carbons (Fsp3) is 0.0667. The summed E-state index contributed by atoms with van der Waals surface area (Å²) in [6.07, 6.45) is 2.66. The Morgan fingerprint density at radius 2 is 1.83 bits per heavy atom. The number of nitrogens with one attached hydrogen (secondary N) is 1. The Morgan fingerprint density at radius 1 is 1.12 bits per heavy atom. The van der Waals surface area contributed by atoms with Gasteiger partial charge in [-0.25, -0.2) is 15.0 Å². The van der Waals surface area contributed by atoms with E-state index in [-0.39, 0.29) is 5.69 Å². The second kappa shape index (κ2) is 6.11. The molecule has 122 valence electrons. The minimum Gasteiger partial charge on any atom is -0.319 e. The number of amides is 1. The number of hydrogen-bond acceptors (Lipinski definition) is 4. The Morgan fingerprint density at radius 3 is 2.46 bits per heavy atom. The highest BCUT2D eigenvalue weighted by Crippen LogP contribution is 2.32. The van der Waals surface area contributed by atoms with Crippen molar-refractivity contribution in [2.24, 2.45) is 0 Å². The Bertz CT molecular complexity index is 844. The van der Waals surface area contributed by atoms with E-state index in [0.29, 0.717) is 5.95 Å². The van der Waals surface area contributed by atoms with Gasteiger partial charge in [-0.2, -0.15) is 13.2 Å². The number of alkyl halides is 3. The minimum absolute atomic E-state index is 0.181. The van der Waals surface area contributed by atoms with Crippen molar-refractivity contribution in [1.82, 2.24) is 19.5 Å². The van der Waals surface area contributed by atoms with Gasteiger partial charge in [0.05, 0.1) is 29.2 Å². The van der Waals surface area contributed by atoms with Crippen LogP contribution in [0.1, 0.15) is 15.9 Å². The molecule has 2 heterocycles. The van der Waals surface area contributed by atoms with Crippen molar-refractivity contribution in [3.63, 3.8) is 0 Å². The van der Waals surface area contributed by atoms with Crippen LogP contribution in [0, 0.1) is 0 Å². The van der Waals surface area contributed by atoms with Gasteiger partial charge in [-0.3, -0.25) is 9.36 Å². The van der Waals surface area contributed by atoms with Crippen molar-refractivity contribution in [3.8, 4) is 5.95 Å². The van der Waals surface area contributed by atoms with E-state index >= 15 is 0 Å². The molecular formula is C15H10F3N5O. The smallest absolute Gasteiger partial charge is 0.319 e. The maximum atomic E-state index is 12.9. The molecule has 3 rings (SSSR count). The van der Waals surface area contributed by atoms with Crippen LogP contribution < -0.4 is 5.32 Å². The number of anilines is 1. The Labute approximate surface area is 134 Å². The lowest BCUT2D eigenvalue weighted by Crippen LogP contribution is -2.19. The second-order valence-electron chi connectivity index (χ2n) is 4.74. The molecule has 0 aliphatic heterocycles. The third-order valence-corrected chi connectivity index (χ3v) is 3.11. The summed E-state index contributed by atoms with van der Waals surface area (Å²) in [6, 6.07) is 4.55. The van der Waals surface area contributed by atoms with Gasteiger partial charge in [-0.1, -0.05) is 12.1 Å². The van der Waals surface area contributed by atoms with Crippen LogP contribution in [0.3, 0.4) is 0 Å². The van der Waals surface area contributed by atoms with Crippen LogP contribution in [0.15, 0.2) is 55.4 Å². The predicted molar refractivity (Wildman–Crippen MR) is 78.6 cm³/mol. The lowest BCUT2D eigenvalue weighted by molar-refractivity contribution is -0.137. The summed E-state index contributed by atoms with van der Waals surface area (Å²) in [5, 5.41) is 2.35. The first-order valence-corrected chi connectivity index (χ1v) is 6.73. The maximum absolute atomic E-state index is 12.9. The molecule has 24 heavy (non-hydrogen) atoms. The summed E-state index contributed by atoms with van der Waals surface area (Å²) in [5.74, 6) is -0.567. The standard InChI is InChI=1S/C15H10F3N5O/c16-15(17,18)12-4-2-1-3-11(12)13(24)22-10-7-20-14(21-8-10)23-6-5-19-9-23/h1-9H,(H,22,24). The zero-order valence-corrected chi connectivity index (χ0v) is 12.0. The lowest BCUT2D eigenvalue weighted by atomic mass is 10.1. The molecule has 1 aromatic carbocycles. The third kappa shape index (κ3) is 3.24. The van der Waals surface area contributed by atoms with E-state index in [0.717, 1.165) is 12.1 Å². The summed E-state index contributed by atoms with van der Waals surface area (Å²) in [6.45, 7) is 0. The molecule has 0 radical (unpaired) electrons.